The van der Waals surface area contributed by atoms with Crippen LogP contribution in [-0.4, -0.2) is 47.4 Å². The van der Waals surface area contributed by atoms with Gasteiger partial charge in [0.1, 0.15) is 0 Å². The van der Waals surface area contributed by atoms with Crippen LogP contribution in [0.3, 0.4) is 0 Å². The summed E-state index contributed by atoms with van der Waals surface area (Å²) in [6.07, 6.45) is 75.0. The molecular formula is C65H125NO5. The molecule has 0 aromatic rings. The van der Waals surface area contributed by atoms with E-state index in [1.807, 2.05) is 6.08 Å². The molecule has 420 valence electrons. The van der Waals surface area contributed by atoms with E-state index in [9.17, 15) is 19.8 Å². The summed E-state index contributed by atoms with van der Waals surface area (Å²) in [5, 5.41) is 23.2. The minimum Gasteiger partial charge on any atom is -0.466 e. The van der Waals surface area contributed by atoms with Gasteiger partial charge in [0.2, 0.25) is 5.91 Å². The van der Waals surface area contributed by atoms with Gasteiger partial charge in [0.15, 0.2) is 0 Å². The molecule has 2 unspecified atom stereocenters. The number of aliphatic hydroxyl groups is 2. The van der Waals surface area contributed by atoms with E-state index in [2.05, 4.69) is 31.3 Å². The van der Waals surface area contributed by atoms with Gasteiger partial charge in [-0.1, -0.05) is 308 Å². The summed E-state index contributed by atoms with van der Waals surface area (Å²) in [4.78, 5) is 24.6. The number of rotatable bonds is 60. The maximum absolute atomic E-state index is 12.5. The molecule has 0 heterocycles. The first-order valence-electron chi connectivity index (χ1n) is 32.1. The maximum atomic E-state index is 12.5. The van der Waals surface area contributed by atoms with E-state index in [1.165, 1.54) is 283 Å². The minimum atomic E-state index is -0.850. The number of nitrogens with one attached hydrogen (secondary N) is 1. The molecule has 6 heteroatoms. The summed E-state index contributed by atoms with van der Waals surface area (Å²) in [6, 6.07) is -0.634. The molecule has 0 aromatic heterocycles. The number of hydrogen-bond donors (Lipinski definition) is 3. The van der Waals surface area contributed by atoms with Crippen molar-refractivity contribution in [2.45, 2.75) is 366 Å². The molecule has 0 aliphatic rings. The van der Waals surface area contributed by atoms with Crippen molar-refractivity contribution in [3.63, 3.8) is 0 Å². The van der Waals surface area contributed by atoms with Crippen molar-refractivity contribution in [3.05, 3.63) is 24.3 Å². The zero-order valence-corrected chi connectivity index (χ0v) is 48.0. The third-order valence-corrected chi connectivity index (χ3v) is 15.0. The number of ether oxygens (including phenoxy) is 1. The lowest BCUT2D eigenvalue weighted by atomic mass is 10.0. The Labute approximate surface area is 443 Å². The van der Waals surface area contributed by atoms with E-state index in [4.69, 9.17) is 4.74 Å². The Balaban J connectivity index is 3.45. The summed E-state index contributed by atoms with van der Waals surface area (Å²) in [7, 11) is 0. The fraction of sp³-hybridized carbons (Fsp3) is 0.908. The molecule has 71 heavy (non-hydrogen) atoms. The summed E-state index contributed by atoms with van der Waals surface area (Å²) in [5.41, 5.74) is 0. The molecule has 0 spiro atoms. The van der Waals surface area contributed by atoms with Crippen LogP contribution in [0.15, 0.2) is 24.3 Å². The van der Waals surface area contributed by atoms with Crippen LogP contribution in [0, 0.1) is 0 Å². The van der Waals surface area contributed by atoms with E-state index in [-0.39, 0.29) is 18.5 Å². The number of amides is 1. The second-order valence-electron chi connectivity index (χ2n) is 22.1. The largest absolute Gasteiger partial charge is 0.466 e. The Morgan fingerprint density at radius 3 is 1.00 bits per heavy atom. The van der Waals surface area contributed by atoms with Crippen molar-refractivity contribution >= 4 is 11.9 Å². The van der Waals surface area contributed by atoms with Crippen molar-refractivity contribution in [3.8, 4) is 0 Å². The number of unbranched alkanes of at least 4 members (excludes halogenated alkanes) is 47. The van der Waals surface area contributed by atoms with Crippen LogP contribution in [0.4, 0.5) is 0 Å². The first-order chi connectivity index (χ1) is 35.0. The molecule has 0 fully saturated rings. The summed E-state index contributed by atoms with van der Waals surface area (Å²) in [5.74, 6) is -0.0759. The van der Waals surface area contributed by atoms with Crippen LogP contribution in [-0.2, 0) is 14.3 Å². The van der Waals surface area contributed by atoms with E-state index in [1.54, 1.807) is 6.08 Å². The summed E-state index contributed by atoms with van der Waals surface area (Å²) < 4.78 is 5.48. The Morgan fingerprint density at radius 1 is 0.380 bits per heavy atom. The van der Waals surface area contributed by atoms with Gasteiger partial charge < -0.3 is 20.3 Å². The highest BCUT2D eigenvalue weighted by Gasteiger charge is 2.18. The van der Waals surface area contributed by atoms with Gasteiger partial charge in [-0.25, -0.2) is 0 Å². The molecule has 0 aliphatic heterocycles. The molecule has 1 amide bonds. The van der Waals surface area contributed by atoms with Gasteiger partial charge in [-0.15, -0.1) is 0 Å². The molecule has 0 radical (unpaired) electrons. The number of aliphatic hydroxyl groups excluding tert-OH is 2. The van der Waals surface area contributed by atoms with Gasteiger partial charge >= 0.3 is 5.97 Å². The van der Waals surface area contributed by atoms with E-state index in [0.717, 1.165) is 44.9 Å². The quantitative estimate of drug-likeness (QED) is 0.0320. The standard InChI is InChI=1S/C65H125NO5/c1-3-5-7-9-11-13-15-17-19-21-22-23-24-25-26-29-33-37-41-45-49-53-57-63(68)62(61-67)66-64(69)58-54-50-46-42-38-34-30-27-28-32-36-40-44-48-52-56-60-71-65(70)59-55-51-47-43-39-35-31-20-18-16-14-12-10-8-6-4-2/h20,31,53,57,62-63,67-68H,3-19,21-30,32-52,54-56,58-61H2,1-2H3,(H,66,69)/b31-20-,57-53+. The maximum Gasteiger partial charge on any atom is 0.305 e. The molecule has 2 atom stereocenters. The average molecular weight is 1000 g/mol. The Hall–Kier alpha value is -1.66. The first kappa shape index (κ1) is 69.3. The zero-order chi connectivity index (χ0) is 51.4. The van der Waals surface area contributed by atoms with Gasteiger partial charge in [0, 0.05) is 12.8 Å². The normalized spacial score (nSPS) is 12.7. The lowest BCUT2D eigenvalue weighted by Gasteiger charge is -2.20. The molecule has 0 aliphatic carbocycles. The third-order valence-electron chi connectivity index (χ3n) is 15.0. The van der Waals surface area contributed by atoms with Gasteiger partial charge in [0.25, 0.3) is 0 Å². The van der Waals surface area contributed by atoms with Gasteiger partial charge in [-0.2, -0.15) is 0 Å². The van der Waals surface area contributed by atoms with Gasteiger partial charge in [0.05, 0.1) is 25.4 Å². The Kier molecular flexibility index (Phi) is 59.5. The average Bonchev–Trinajstić information content (AvgIpc) is 3.37. The van der Waals surface area contributed by atoms with Crippen LogP contribution in [0.5, 0.6) is 0 Å². The second-order valence-corrected chi connectivity index (χ2v) is 22.1. The highest BCUT2D eigenvalue weighted by atomic mass is 16.5. The van der Waals surface area contributed by atoms with Crippen LogP contribution in [0.25, 0.3) is 0 Å². The smallest absolute Gasteiger partial charge is 0.305 e. The zero-order valence-electron chi connectivity index (χ0n) is 48.0. The molecule has 6 nitrogen and oxygen atoms in total. The SMILES string of the molecule is CCCCCCCCC/C=C\CCCCCCCC(=O)OCCCCCCCCCCCCCCCCCCC(=O)NC(CO)C(O)/C=C/CCCCCCCCCCCCCCCCCCCCCC. The van der Waals surface area contributed by atoms with E-state index >= 15 is 0 Å². The highest BCUT2D eigenvalue weighted by molar-refractivity contribution is 5.76. The highest BCUT2D eigenvalue weighted by Crippen LogP contribution is 2.18. The topological polar surface area (TPSA) is 95.9 Å². The van der Waals surface area contributed by atoms with E-state index in [0.29, 0.717) is 19.4 Å². The molecular weight excluding hydrogens is 875 g/mol. The fourth-order valence-corrected chi connectivity index (χ4v) is 10.0. The van der Waals surface area contributed by atoms with Crippen molar-refractivity contribution in [2.75, 3.05) is 13.2 Å². The number of allylic oxidation sites excluding steroid dienone is 3. The molecule has 0 saturated carbocycles. The van der Waals surface area contributed by atoms with Crippen LogP contribution in [0.2, 0.25) is 0 Å². The van der Waals surface area contributed by atoms with Gasteiger partial charge in [-0.05, 0) is 57.8 Å². The predicted molar refractivity (Wildman–Crippen MR) is 310 cm³/mol. The predicted octanol–water partition coefficient (Wildman–Crippen LogP) is 20.2. The Morgan fingerprint density at radius 2 is 0.662 bits per heavy atom. The minimum absolute atomic E-state index is 0.00442. The summed E-state index contributed by atoms with van der Waals surface area (Å²) in [6.45, 7) is 4.91. The van der Waals surface area contributed by atoms with Crippen molar-refractivity contribution < 1.29 is 24.5 Å². The van der Waals surface area contributed by atoms with Crippen LogP contribution < -0.4 is 5.32 Å². The van der Waals surface area contributed by atoms with Crippen molar-refractivity contribution in [2.24, 2.45) is 0 Å². The van der Waals surface area contributed by atoms with Gasteiger partial charge in [-0.3, -0.25) is 9.59 Å². The molecule has 0 aromatic carbocycles. The summed E-state index contributed by atoms with van der Waals surface area (Å²) >= 11 is 0. The number of carbonyl (C=O) groups is 2. The van der Waals surface area contributed by atoms with Crippen molar-refractivity contribution in [1.29, 1.82) is 0 Å². The lowest BCUT2D eigenvalue weighted by molar-refractivity contribution is -0.143. The molecule has 3 N–H and O–H groups in total. The number of carbonyl (C=O) groups excluding carboxylic acids is 2. The van der Waals surface area contributed by atoms with Crippen LogP contribution >= 0.6 is 0 Å². The first-order valence-corrected chi connectivity index (χ1v) is 32.1. The lowest BCUT2D eigenvalue weighted by Crippen LogP contribution is -2.45. The monoisotopic (exact) mass is 1000 g/mol. The number of hydrogen-bond acceptors (Lipinski definition) is 5. The molecule has 0 rings (SSSR count). The van der Waals surface area contributed by atoms with Crippen LogP contribution in [0.1, 0.15) is 354 Å². The van der Waals surface area contributed by atoms with E-state index < -0.39 is 12.1 Å². The van der Waals surface area contributed by atoms with Crippen molar-refractivity contribution in [1.82, 2.24) is 5.32 Å². The molecule has 0 saturated heterocycles. The Bertz CT molecular complexity index is 1110. The molecule has 0 bridgehead atoms. The fourth-order valence-electron chi connectivity index (χ4n) is 10.0. The second kappa shape index (κ2) is 60.9. The third kappa shape index (κ3) is 57.5. The number of esters is 1.